The van der Waals surface area contributed by atoms with E-state index in [1.807, 2.05) is 6.07 Å². The molecule has 1 aliphatic rings. The second kappa shape index (κ2) is 12.6. The number of nitrogens with one attached hydrogen (secondary N) is 1. The molecule has 1 aromatic heterocycles. The van der Waals surface area contributed by atoms with E-state index >= 15 is 0 Å². The van der Waals surface area contributed by atoms with Gasteiger partial charge in [-0.2, -0.15) is 13.2 Å². The number of anilines is 1. The van der Waals surface area contributed by atoms with Crippen LogP contribution in [-0.2, 0) is 17.4 Å². The van der Waals surface area contributed by atoms with Gasteiger partial charge in [-0.05, 0) is 54.1 Å². The predicted octanol–water partition coefficient (Wildman–Crippen LogP) is 4.64. The van der Waals surface area contributed by atoms with Crippen LogP contribution in [0.5, 0.6) is 0 Å². The third kappa shape index (κ3) is 6.80. The van der Waals surface area contributed by atoms with Gasteiger partial charge < -0.3 is 20.0 Å². The molecule has 1 fully saturated rings. The molecule has 0 radical (unpaired) electrons. The summed E-state index contributed by atoms with van der Waals surface area (Å²) in [5, 5.41) is 3.66. The highest BCUT2D eigenvalue weighted by atomic mass is 19.4. The molecule has 5 rings (SSSR count). The molecular formula is C32H32F4N6O2. The number of alkyl halides is 3. The highest BCUT2D eigenvalue weighted by Gasteiger charge is 2.34. The molecule has 4 aromatic rings. The van der Waals surface area contributed by atoms with Crippen LogP contribution in [0.3, 0.4) is 0 Å². The average molecular weight is 609 g/mol. The van der Waals surface area contributed by atoms with Crippen molar-refractivity contribution in [1.82, 2.24) is 25.1 Å². The van der Waals surface area contributed by atoms with Crippen LogP contribution in [0.1, 0.15) is 21.5 Å². The van der Waals surface area contributed by atoms with E-state index in [0.717, 1.165) is 49.5 Å². The first-order valence-electron chi connectivity index (χ1n) is 14.1. The summed E-state index contributed by atoms with van der Waals surface area (Å²) in [4.78, 5) is 41.1. The van der Waals surface area contributed by atoms with Crippen molar-refractivity contribution in [1.29, 1.82) is 0 Å². The van der Waals surface area contributed by atoms with Gasteiger partial charge in [-0.1, -0.05) is 30.3 Å². The number of benzene rings is 3. The lowest BCUT2D eigenvalue weighted by molar-refractivity contribution is -0.140. The quantitative estimate of drug-likeness (QED) is 0.308. The molecule has 0 aliphatic carbocycles. The average Bonchev–Trinajstić information content (AvgIpc) is 3.00. The predicted molar refractivity (Wildman–Crippen MR) is 160 cm³/mol. The summed E-state index contributed by atoms with van der Waals surface area (Å²) >= 11 is 0. The zero-order chi connectivity index (χ0) is 31.6. The van der Waals surface area contributed by atoms with Crippen LogP contribution in [0.2, 0.25) is 0 Å². The number of aromatic nitrogens is 2. The molecule has 12 heteroatoms. The lowest BCUT2D eigenvalue weighted by Gasteiger charge is -2.33. The van der Waals surface area contributed by atoms with Crippen LogP contribution >= 0.6 is 0 Å². The van der Waals surface area contributed by atoms with Crippen molar-refractivity contribution in [2.75, 3.05) is 52.2 Å². The van der Waals surface area contributed by atoms with Crippen molar-refractivity contribution in [2.24, 2.45) is 0 Å². The second-order valence-corrected chi connectivity index (χ2v) is 11.1. The number of carbonyl (C=O) groups is 2. The standard InChI is InChI=1S/C32H32F4N6O2/c1-40(2)31(44)28(16-20-4-6-21(7-5-20)22-9-11-26(33)25(17-22)32(34,35)36)39-30(43)23-8-10-24-27(18-23)37-19-38-29(24)42-14-12-41(3)13-15-42/h4-11,17-19,28H,12-16H2,1-3H3,(H,39,43)/t28-/m0/s1. The van der Waals surface area contributed by atoms with Crippen molar-refractivity contribution in [3.8, 4) is 11.1 Å². The summed E-state index contributed by atoms with van der Waals surface area (Å²) in [7, 11) is 5.25. The Morgan fingerprint density at radius 3 is 2.27 bits per heavy atom. The molecule has 1 saturated heterocycles. The number of rotatable bonds is 7. The molecule has 8 nitrogen and oxygen atoms in total. The molecule has 3 aromatic carbocycles. The minimum atomic E-state index is -4.82. The summed E-state index contributed by atoms with van der Waals surface area (Å²) in [6, 6.07) is 13.6. The van der Waals surface area contributed by atoms with Gasteiger partial charge in [0.05, 0.1) is 11.1 Å². The fourth-order valence-electron chi connectivity index (χ4n) is 5.20. The number of carbonyl (C=O) groups excluding carboxylic acids is 2. The topological polar surface area (TPSA) is 81.7 Å². The summed E-state index contributed by atoms with van der Waals surface area (Å²) < 4.78 is 53.3. The third-order valence-electron chi connectivity index (χ3n) is 7.72. The van der Waals surface area contributed by atoms with Crippen LogP contribution in [0.4, 0.5) is 23.4 Å². The third-order valence-corrected chi connectivity index (χ3v) is 7.72. The van der Waals surface area contributed by atoms with Gasteiger partial charge in [-0.3, -0.25) is 9.59 Å². The number of amides is 2. The Morgan fingerprint density at radius 1 is 0.932 bits per heavy atom. The van der Waals surface area contributed by atoms with Crippen LogP contribution in [0, 0.1) is 5.82 Å². The van der Waals surface area contributed by atoms with E-state index in [9.17, 15) is 27.2 Å². The van der Waals surface area contributed by atoms with Gasteiger partial charge in [-0.25, -0.2) is 14.4 Å². The summed E-state index contributed by atoms with van der Waals surface area (Å²) in [6.45, 7) is 3.50. The zero-order valence-corrected chi connectivity index (χ0v) is 24.5. The number of halogens is 4. The number of hydrogen-bond acceptors (Lipinski definition) is 6. The number of nitrogens with zero attached hydrogens (tertiary/aromatic N) is 5. The van der Waals surface area contributed by atoms with E-state index in [2.05, 4.69) is 32.1 Å². The van der Waals surface area contributed by atoms with Crippen LogP contribution in [0.25, 0.3) is 22.0 Å². The van der Waals surface area contributed by atoms with Gasteiger partial charge >= 0.3 is 6.18 Å². The smallest absolute Gasteiger partial charge is 0.353 e. The minimum absolute atomic E-state index is 0.142. The lowest BCUT2D eigenvalue weighted by atomic mass is 9.98. The molecule has 0 saturated carbocycles. The Bertz CT molecular complexity index is 1670. The van der Waals surface area contributed by atoms with Crippen LogP contribution in [0.15, 0.2) is 67.0 Å². The van der Waals surface area contributed by atoms with E-state index in [1.54, 1.807) is 50.5 Å². The summed E-state index contributed by atoms with van der Waals surface area (Å²) in [6.07, 6.45) is -3.19. The second-order valence-electron chi connectivity index (χ2n) is 11.1. The minimum Gasteiger partial charge on any atom is -0.353 e. The molecule has 230 valence electrons. The molecule has 2 heterocycles. The molecule has 1 atom stereocenters. The maximum atomic E-state index is 13.7. The Balaban J connectivity index is 1.34. The molecule has 1 aliphatic heterocycles. The SMILES string of the molecule is CN1CCN(c2ncnc3cc(C(=O)N[C@@H](Cc4ccc(-c5ccc(F)c(C(F)(F)F)c5)cc4)C(=O)N(C)C)ccc23)CC1. The molecule has 1 N–H and O–H groups in total. The monoisotopic (exact) mass is 608 g/mol. The molecule has 0 bridgehead atoms. The van der Waals surface area contributed by atoms with E-state index in [0.29, 0.717) is 22.2 Å². The van der Waals surface area contributed by atoms with Crippen molar-refractivity contribution in [2.45, 2.75) is 18.6 Å². The number of piperazine rings is 1. The van der Waals surface area contributed by atoms with E-state index in [4.69, 9.17) is 0 Å². The van der Waals surface area contributed by atoms with Gasteiger partial charge in [0.15, 0.2) is 0 Å². The van der Waals surface area contributed by atoms with Crippen molar-refractivity contribution < 1.29 is 27.2 Å². The Labute approximate surface area is 252 Å². The van der Waals surface area contributed by atoms with Gasteiger partial charge in [-0.15, -0.1) is 0 Å². The largest absolute Gasteiger partial charge is 0.419 e. The maximum absolute atomic E-state index is 13.7. The van der Waals surface area contributed by atoms with E-state index in [1.165, 1.54) is 17.3 Å². The first-order valence-corrected chi connectivity index (χ1v) is 14.1. The fourth-order valence-corrected chi connectivity index (χ4v) is 5.20. The van der Waals surface area contributed by atoms with Crippen molar-refractivity contribution in [3.05, 3.63) is 89.5 Å². The number of likely N-dealkylation sites (N-methyl/N-ethyl adjacent to an activating group) is 2. The first kappa shape index (κ1) is 30.9. The lowest BCUT2D eigenvalue weighted by Crippen LogP contribution is -2.47. The maximum Gasteiger partial charge on any atom is 0.419 e. The van der Waals surface area contributed by atoms with Crippen molar-refractivity contribution in [3.63, 3.8) is 0 Å². The van der Waals surface area contributed by atoms with E-state index in [-0.39, 0.29) is 17.9 Å². The summed E-state index contributed by atoms with van der Waals surface area (Å²) in [5.41, 5.74) is 0.944. The molecular weight excluding hydrogens is 576 g/mol. The fraction of sp³-hybridized carbons (Fsp3) is 0.312. The molecule has 0 unspecified atom stereocenters. The number of hydrogen-bond donors (Lipinski definition) is 1. The van der Waals surface area contributed by atoms with Crippen LogP contribution < -0.4 is 10.2 Å². The first-order chi connectivity index (χ1) is 20.9. The molecule has 2 amide bonds. The normalized spacial score (nSPS) is 14.8. The van der Waals surface area contributed by atoms with Gasteiger partial charge in [0, 0.05) is 57.6 Å². The summed E-state index contributed by atoms with van der Waals surface area (Å²) in [5.74, 6) is -1.30. The van der Waals surface area contributed by atoms with Gasteiger partial charge in [0.2, 0.25) is 5.91 Å². The highest BCUT2D eigenvalue weighted by molar-refractivity contribution is 6.01. The Morgan fingerprint density at radius 2 is 1.61 bits per heavy atom. The van der Waals surface area contributed by atoms with Crippen LogP contribution in [-0.4, -0.2) is 84.9 Å². The Hall–Kier alpha value is -4.58. The van der Waals surface area contributed by atoms with E-state index < -0.39 is 29.5 Å². The van der Waals surface area contributed by atoms with Crippen molar-refractivity contribution >= 4 is 28.5 Å². The molecule has 0 spiro atoms. The number of fused-ring (bicyclic) bond motifs is 1. The molecule has 44 heavy (non-hydrogen) atoms. The van der Waals surface area contributed by atoms with Gasteiger partial charge in [0.1, 0.15) is 24.0 Å². The zero-order valence-electron chi connectivity index (χ0n) is 24.5. The van der Waals surface area contributed by atoms with Gasteiger partial charge in [0.25, 0.3) is 5.91 Å². The highest BCUT2D eigenvalue weighted by Crippen LogP contribution is 2.34. The Kier molecular flexibility index (Phi) is 8.82.